The number of pyridine rings is 1. The van der Waals surface area contributed by atoms with Gasteiger partial charge < -0.3 is 9.47 Å². The van der Waals surface area contributed by atoms with Gasteiger partial charge in [0.15, 0.2) is 11.5 Å². The lowest BCUT2D eigenvalue weighted by Gasteiger charge is -2.25. The zero-order valence-electron chi connectivity index (χ0n) is 15.6. The van der Waals surface area contributed by atoms with Crippen LogP contribution in [0.15, 0.2) is 61.1 Å². The van der Waals surface area contributed by atoms with E-state index in [0.717, 1.165) is 55.4 Å². The largest absolute Gasteiger partial charge is 0.454 e. The molecule has 5 rings (SSSR count). The Bertz CT molecular complexity index is 997. The highest BCUT2D eigenvalue weighted by Crippen LogP contribution is 2.33. The van der Waals surface area contributed by atoms with E-state index in [1.54, 1.807) is 0 Å². The third-order valence-corrected chi connectivity index (χ3v) is 5.28. The van der Waals surface area contributed by atoms with Crippen molar-refractivity contribution in [3.8, 4) is 17.2 Å². The van der Waals surface area contributed by atoms with Crippen LogP contribution in [0.1, 0.15) is 17.7 Å². The van der Waals surface area contributed by atoms with Crippen LogP contribution < -0.4 is 9.47 Å². The molecule has 28 heavy (non-hydrogen) atoms. The number of aromatic nitrogens is 3. The van der Waals surface area contributed by atoms with Gasteiger partial charge in [-0.25, -0.2) is 4.68 Å². The molecule has 0 N–H and O–H groups in total. The highest BCUT2D eigenvalue weighted by Gasteiger charge is 2.16. The number of fused-ring (bicyclic) bond motifs is 1. The van der Waals surface area contributed by atoms with Crippen molar-refractivity contribution >= 4 is 5.57 Å². The van der Waals surface area contributed by atoms with Gasteiger partial charge in [0.05, 0.1) is 11.9 Å². The van der Waals surface area contributed by atoms with E-state index in [1.165, 1.54) is 11.1 Å². The van der Waals surface area contributed by atoms with Crippen molar-refractivity contribution < 1.29 is 9.47 Å². The van der Waals surface area contributed by atoms with E-state index < -0.39 is 0 Å². The molecule has 6 nitrogen and oxygen atoms in total. The topological polar surface area (TPSA) is 52.4 Å². The monoisotopic (exact) mass is 374 g/mol. The molecule has 1 aromatic carbocycles. The third kappa shape index (κ3) is 3.51. The van der Waals surface area contributed by atoms with Crippen molar-refractivity contribution in [1.29, 1.82) is 0 Å². The van der Waals surface area contributed by atoms with E-state index in [0.29, 0.717) is 0 Å². The summed E-state index contributed by atoms with van der Waals surface area (Å²) in [6, 6.07) is 12.0. The van der Waals surface area contributed by atoms with Crippen molar-refractivity contribution in [3.05, 3.63) is 72.3 Å². The molecule has 2 aliphatic rings. The van der Waals surface area contributed by atoms with Gasteiger partial charge in [-0.3, -0.25) is 9.88 Å². The summed E-state index contributed by atoms with van der Waals surface area (Å²) in [6.45, 7) is 3.36. The first-order chi connectivity index (χ1) is 13.8. The minimum atomic E-state index is 0.285. The number of hydrogen-bond acceptors (Lipinski definition) is 5. The highest BCUT2D eigenvalue weighted by molar-refractivity contribution is 5.66. The molecular formula is C22H22N4O2. The van der Waals surface area contributed by atoms with Gasteiger partial charge in [-0.15, -0.1) is 0 Å². The molecule has 0 amide bonds. The van der Waals surface area contributed by atoms with Crippen LogP contribution in [0.5, 0.6) is 11.5 Å². The van der Waals surface area contributed by atoms with Crippen molar-refractivity contribution in [2.45, 2.75) is 12.8 Å². The second kappa shape index (κ2) is 7.48. The first kappa shape index (κ1) is 17.0. The van der Waals surface area contributed by atoms with Crippen LogP contribution >= 0.6 is 0 Å². The molecular weight excluding hydrogens is 352 g/mol. The minimum absolute atomic E-state index is 0.285. The fourth-order valence-corrected chi connectivity index (χ4v) is 3.65. The summed E-state index contributed by atoms with van der Waals surface area (Å²) in [5, 5.41) is 4.54. The Morgan fingerprint density at radius 2 is 2.04 bits per heavy atom. The van der Waals surface area contributed by atoms with Crippen molar-refractivity contribution in [1.82, 2.24) is 19.7 Å². The average Bonchev–Trinajstić information content (AvgIpc) is 3.42. The third-order valence-electron chi connectivity index (χ3n) is 5.28. The van der Waals surface area contributed by atoms with Gasteiger partial charge in [-0.1, -0.05) is 12.1 Å². The summed E-state index contributed by atoms with van der Waals surface area (Å²) >= 11 is 0. The summed E-state index contributed by atoms with van der Waals surface area (Å²) < 4.78 is 12.7. The molecule has 0 aliphatic carbocycles. The number of hydrogen-bond donors (Lipinski definition) is 0. The predicted octanol–water partition coefficient (Wildman–Crippen LogP) is 3.33. The Balaban J connectivity index is 1.23. The van der Waals surface area contributed by atoms with Gasteiger partial charge in [-0.2, -0.15) is 5.10 Å². The van der Waals surface area contributed by atoms with Gasteiger partial charge in [0, 0.05) is 55.8 Å². The van der Waals surface area contributed by atoms with Crippen LogP contribution in [-0.4, -0.2) is 46.1 Å². The molecule has 2 aliphatic heterocycles. The fourth-order valence-electron chi connectivity index (χ4n) is 3.65. The smallest absolute Gasteiger partial charge is 0.231 e. The molecule has 0 fully saturated rings. The quantitative estimate of drug-likeness (QED) is 0.686. The van der Waals surface area contributed by atoms with E-state index in [-0.39, 0.29) is 6.79 Å². The lowest BCUT2D eigenvalue weighted by molar-refractivity contribution is 0.174. The first-order valence-corrected chi connectivity index (χ1v) is 9.61. The van der Waals surface area contributed by atoms with Gasteiger partial charge >= 0.3 is 0 Å². The maximum Gasteiger partial charge on any atom is 0.231 e. The van der Waals surface area contributed by atoms with Gasteiger partial charge in [0.2, 0.25) is 6.79 Å². The Hall–Kier alpha value is -3.12. The molecule has 0 radical (unpaired) electrons. The van der Waals surface area contributed by atoms with E-state index in [2.05, 4.69) is 33.3 Å². The van der Waals surface area contributed by atoms with Crippen molar-refractivity contribution in [3.63, 3.8) is 0 Å². The fraction of sp³-hybridized carbons (Fsp3) is 0.273. The molecule has 6 heteroatoms. The lowest BCUT2D eigenvalue weighted by Crippen LogP contribution is -2.30. The van der Waals surface area contributed by atoms with E-state index in [9.17, 15) is 0 Å². The van der Waals surface area contributed by atoms with Crippen LogP contribution in [-0.2, 0) is 6.42 Å². The molecule has 0 spiro atoms. The maximum atomic E-state index is 5.47. The lowest BCUT2D eigenvalue weighted by atomic mass is 10.0. The maximum absolute atomic E-state index is 5.47. The van der Waals surface area contributed by atoms with Crippen LogP contribution in [0.4, 0.5) is 0 Å². The zero-order chi connectivity index (χ0) is 18.8. The van der Waals surface area contributed by atoms with Crippen molar-refractivity contribution in [2.75, 3.05) is 26.4 Å². The Kier molecular flexibility index (Phi) is 4.54. The van der Waals surface area contributed by atoms with Gasteiger partial charge in [0.25, 0.3) is 0 Å². The van der Waals surface area contributed by atoms with Gasteiger partial charge in [-0.05, 0) is 36.3 Å². The highest BCUT2D eigenvalue weighted by atomic mass is 16.7. The van der Waals surface area contributed by atoms with E-state index >= 15 is 0 Å². The molecule has 0 saturated carbocycles. The Labute approximate surface area is 164 Å². The number of ether oxygens (including phenoxy) is 2. The normalized spacial score (nSPS) is 16.2. The summed E-state index contributed by atoms with van der Waals surface area (Å²) in [7, 11) is 0. The minimum Gasteiger partial charge on any atom is -0.454 e. The van der Waals surface area contributed by atoms with Crippen molar-refractivity contribution in [2.24, 2.45) is 0 Å². The second-order valence-corrected chi connectivity index (χ2v) is 7.06. The van der Waals surface area contributed by atoms with Crippen LogP contribution in [0, 0.1) is 0 Å². The van der Waals surface area contributed by atoms with Gasteiger partial charge in [0.1, 0.15) is 0 Å². The second-order valence-electron chi connectivity index (χ2n) is 7.06. The first-order valence-electron chi connectivity index (χ1n) is 9.61. The molecule has 0 bridgehead atoms. The SMILES string of the molecule is C1=C(c2cnn(-c3ccc4c(c3)OCO4)c2)CCN(CCc2ccccn2)C1. The standard InChI is InChI=1S/C22H22N4O2/c1-2-9-23-19(3-1)8-12-25-10-6-17(7-11-25)18-14-24-26(15-18)20-4-5-21-22(13-20)28-16-27-21/h1-6,9,13-15H,7-8,10-12,16H2. The van der Waals surface area contributed by atoms with Crippen LogP contribution in [0.3, 0.4) is 0 Å². The number of benzene rings is 1. The Morgan fingerprint density at radius 3 is 2.89 bits per heavy atom. The summed E-state index contributed by atoms with van der Waals surface area (Å²) in [4.78, 5) is 6.88. The predicted molar refractivity (Wildman–Crippen MR) is 107 cm³/mol. The molecule has 0 saturated heterocycles. The molecule has 3 aromatic rings. The number of rotatable bonds is 5. The summed E-state index contributed by atoms with van der Waals surface area (Å²) in [5.41, 5.74) is 4.68. The Morgan fingerprint density at radius 1 is 1.07 bits per heavy atom. The van der Waals surface area contributed by atoms with Crippen LogP contribution in [0.2, 0.25) is 0 Å². The average molecular weight is 374 g/mol. The molecule has 4 heterocycles. The molecule has 2 aromatic heterocycles. The molecule has 0 unspecified atom stereocenters. The zero-order valence-corrected chi connectivity index (χ0v) is 15.6. The molecule has 142 valence electrons. The van der Waals surface area contributed by atoms with E-state index in [1.807, 2.05) is 47.4 Å². The number of nitrogens with zero attached hydrogens (tertiary/aromatic N) is 4. The molecule has 0 atom stereocenters. The van der Waals surface area contributed by atoms with E-state index in [4.69, 9.17) is 9.47 Å². The van der Waals surface area contributed by atoms with Crippen LogP contribution in [0.25, 0.3) is 11.3 Å². The summed E-state index contributed by atoms with van der Waals surface area (Å²) in [5.74, 6) is 1.56. The summed E-state index contributed by atoms with van der Waals surface area (Å²) in [6.07, 6.45) is 10.2.